The standard InChI is InChI=1S/C19H28O/c1-13-8-9-16(11-14(13)2)12-18(20)17-7-6-10-19(4,5)15(17)3/h8-9,11,18,20H,6-7,10,12H2,1-5H3. The van der Waals surface area contributed by atoms with E-state index in [2.05, 4.69) is 52.8 Å². The second-order valence-electron chi connectivity index (χ2n) is 7.03. The van der Waals surface area contributed by atoms with Crippen molar-refractivity contribution in [1.29, 1.82) is 0 Å². The Hall–Kier alpha value is -1.08. The van der Waals surface area contributed by atoms with Crippen molar-refractivity contribution in [1.82, 2.24) is 0 Å². The van der Waals surface area contributed by atoms with Crippen molar-refractivity contribution in [2.45, 2.75) is 66.4 Å². The number of aryl methyl sites for hydroxylation is 2. The van der Waals surface area contributed by atoms with Gasteiger partial charge in [0.25, 0.3) is 0 Å². The highest BCUT2D eigenvalue weighted by Crippen LogP contribution is 2.41. The van der Waals surface area contributed by atoms with Crippen LogP contribution in [-0.4, -0.2) is 11.2 Å². The molecule has 0 bridgehead atoms. The first kappa shape index (κ1) is 15.3. The monoisotopic (exact) mass is 272 g/mol. The van der Waals surface area contributed by atoms with Gasteiger partial charge >= 0.3 is 0 Å². The van der Waals surface area contributed by atoms with E-state index in [0.717, 1.165) is 12.8 Å². The van der Waals surface area contributed by atoms with Crippen molar-refractivity contribution in [2.75, 3.05) is 0 Å². The van der Waals surface area contributed by atoms with Gasteiger partial charge in [0.05, 0.1) is 6.10 Å². The molecule has 1 aliphatic rings. The molecular weight excluding hydrogens is 244 g/mol. The number of hydrogen-bond acceptors (Lipinski definition) is 1. The summed E-state index contributed by atoms with van der Waals surface area (Å²) in [5.74, 6) is 0. The predicted molar refractivity (Wildman–Crippen MR) is 86.0 cm³/mol. The largest absolute Gasteiger partial charge is 0.388 e. The van der Waals surface area contributed by atoms with E-state index in [0.29, 0.717) is 0 Å². The second kappa shape index (κ2) is 5.73. The molecule has 0 heterocycles. The quantitative estimate of drug-likeness (QED) is 0.788. The van der Waals surface area contributed by atoms with Crippen LogP contribution in [0.3, 0.4) is 0 Å². The van der Waals surface area contributed by atoms with Crippen molar-refractivity contribution < 1.29 is 5.11 Å². The van der Waals surface area contributed by atoms with Gasteiger partial charge in [-0.25, -0.2) is 0 Å². The van der Waals surface area contributed by atoms with Crippen LogP contribution in [0.1, 0.15) is 56.7 Å². The molecule has 0 saturated carbocycles. The summed E-state index contributed by atoms with van der Waals surface area (Å²) >= 11 is 0. The summed E-state index contributed by atoms with van der Waals surface area (Å²) in [7, 11) is 0. The van der Waals surface area contributed by atoms with Crippen LogP contribution in [0, 0.1) is 19.3 Å². The molecule has 1 aromatic carbocycles. The van der Waals surface area contributed by atoms with E-state index >= 15 is 0 Å². The number of aliphatic hydroxyl groups is 1. The number of aliphatic hydroxyl groups excluding tert-OH is 1. The SMILES string of the molecule is CC1=C(C(O)Cc2ccc(C)c(C)c2)CCCC1(C)C. The number of rotatable bonds is 3. The van der Waals surface area contributed by atoms with Gasteiger partial charge in [-0.05, 0) is 67.7 Å². The molecule has 2 rings (SSSR count). The average molecular weight is 272 g/mol. The molecule has 0 fully saturated rings. The van der Waals surface area contributed by atoms with E-state index in [1.165, 1.54) is 40.7 Å². The van der Waals surface area contributed by atoms with E-state index in [-0.39, 0.29) is 11.5 Å². The lowest BCUT2D eigenvalue weighted by molar-refractivity contribution is 0.194. The zero-order chi connectivity index (χ0) is 14.9. The molecule has 0 aromatic heterocycles. The minimum atomic E-state index is -0.323. The van der Waals surface area contributed by atoms with Crippen LogP contribution in [0.4, 0.5) is 0 Å². The molecule has 1 atom stereocenters. The molecule has 0 spiro atoms. The maximum absolute atomic E-state index is 10.6. The van der Waals surface area contributed by atoms with Gasteiger partial charge in [-0.15, -0.1) is 0 Å². The maximum atomic E-state index is 10.6. The molecule has 1 nitrogen and oxygen atoms in total. The van der Waals surface area contributed by atoms with E-state index in [9.17, 15) is 5.11 Å². The summed E-state index contributed by atoms with van der Waals surface area (Å²) in [5, 5.41) is 10.6. The Kier molecular flexibility index (Phi) is 4.39. The summed E-state index contributed by atoms with van der Waals surface area (Å²) < 4.78 is 0. The molecule has 0 saturated heterocycles. The highest BCUT2D eigenvalue weighted by atomic mass is 16.3. The molecule has 1 unspecified atom stereocenters. The van der Waals surface area contributed by atoms with Crippen molar-refractivity contribution in [3.63, 3.8) is 0 Å². The highest BCUT2D eigenvalue weighted by Gasteiger charge is 2.29. The van der Waals surface area contributed by atoms with E-state index in [1.54, 1.807) is 0 Å². The fourth-order valence-electron chi connectivity index (χ4n) is 3.22. The van der Waals surface area contributed by atoms with E-state index in [4.69, 9.17) is 0 Å². The molecule has 0 radical (unpaired) electrons. The van der Waals surface area contributed by atoms with Crippen molar-refractivity contribution >= 4 is 0 Å². The second-order valence-corrected chi connectivity index (χ2v) is 7.03. The van der Waals surface area contributed by atoms with Crippen LogP contribution in [0.5, 0.6) is 0 Å². The first-order valence-electron chi connectivity index (χ1n) is 7.75. The number of hydrogen-bond donors (Lipinski definition) is 1. The topological polar surface area (TPSA) is 20.2 Å². The normalized spacial score (nSPS) is 20.1. The Morgan fingerprint density at radius 1 is 1.15 bits per heavy atom. The minimum Gasteiger partial charge on any atom is -0.388 e. The lowest BCUT2D eigenvalue weighted by Gasteiger charge is -2.35. The lowest BCUT2D eigenvalue weighted by atomic mass is 9.71. The third-order valence-corrected chi connectivity index (χ3v) is 5.15. The Labute approximate surface area is 123 Å². The minimum absolute atomic E-state index is 0.248. The third kappa shape index (κ3) is 3.15. The summed E-state index contributed by atoms with van der Waals surface area (Å²) in [6, 6.07) is 6.52. The number of benzene rings is 1. The van der Waals surface area contributed by atoms with Gasteiger partial charge in [-0.3, -0.25) is 0 Å². The summed E-state index contributed by atoms with van der Waals surface area (Å²) in [6.45, 7) is 11.1. The maximum Gasteiger partial charge on any atom is 0.0793 e. The Morgan fingerprint density at radius 3 is 2.50 bits per heavy atom. The Bertz CT molecular complexity index is 523. The van der Waals surface area contributed by atoms with Gasteiger partial charge in [0.2, 0.25) is 0 Å². The Balaban J connectivity index is 2.19. The van der Waals surface area contributed by atoms with Crippen LogP contribution in [0.25, 0.3) is 0 Å². The third-order valence-electron chi connectivity index (χ3n) is 5.15. The molecule has 1 heteroatoms. The molecule has 110 valence electrons. The zero-order valence-electron chi connectivity index (χ0n) is 13.6. The van der Waals surface area contributed by atoms with Gasteiger partial charge in [-0.2, -0.15) is 0 Å². The van der Waals surface area contributed by atoms with Crippen LogP contribution in [0.15, 0.2) is 29.3 Å². The lowest BCUT2D eigenvalue weighted by Crippen LogP contribution is -2.25. The van der Waals surface area contributed by atoms with E-state index < -0.39 is 0 Å². The average Bonchev–Trinajstić information content (AvgIpc) is 2.37. The predicted octanol–water partition coefficient (Wildman–Crippen LogP) is 4.73. The molecule has 0 aliphatic heterocycles. The molecule has 1 aromatic rings. The van der Waals surface area contributed by atoms with Gasteiger partial charge in [0, 0.05) is 6.42 Å². The summed E-state index contributed by atoms with van der Waals surface area (Å²) in [5.41, 5.74) is 6.79. The van der Waals surface area contributed by atoms with Gasteiger partial charge in [0.1, 0.15) is 0 Å². The van der Waals surface area contributed by atoms with Crippen LogP contribution in [-0.2, 0) is 6.42 Å². The van der Waals surface area contributed by atoms with Crippen molar-refractivity contribution in [3.8, 4) is 0 Å². The molecule has 20 heavy (non-hydrogen) atoms. The molecule has 0 amide bonds. The molecule has 1 N–H and O–H groups in total. The van der Waals surface area contributed by atoms with Crippen molar-refractivity contribution in [2.24, 2.45) is 5.41 Å². The molecular formula is C19H28O. The fraction of sp³-hybridized carbons (Fsp3) is 0.579. The molecule has 1 aliphatic carbocycles. The smallest absolute Gasteiger partial charge is 0.0793 e. The first-order valence-corrected chi connectivity index (χ1v) is 7.75. The van der Waals surface area contributed by atoms with Gasteiger partial charge in [0.15, 0.2) is 0 Å². The number of allylic oxidation sites excluding steroid dienone is 1. The van der Waals surface area contributed by atoms with E-state index in [1.807, 2.05) is 0 Å². The van der Waals surface area contributed by atoms with Crippen LogP contribution in [0.2, 0.25) is 0 Å². The first-order chi connectivity index (χ1) is 9.31. The summed E-state index contributed by atoms with van der Waals surface area (Å²) in [6.07, 6.45) is 3.91. The van der Waals surface area contributed by atoms with Crippen LogP contribution >= 0.6 is 0 Å². The van der Waals surface area contributed by atoms with Crippen LogP contribution < -0.4 is 0 Å². The Morgan fingerprint density at radius 2 is 1.85 bits per heavy atom. The van der Waals surface area contributed by atoms with Gasteiger partial charge < -0.3 is 5.11 Å². The summed E-state index contributed by atoms with van der Waals surface area (Å²) in [4.78, 5) is 0. The zero-order valence-corrected chi connectivity index (χ0v) is 13.6. The van der Waals surface area contributed by atoms with Crippen molar-refractivity contribution in [3.05, 3.63) is 46.0 Å². The highest BCUT2D eigenvalue weighted by molar-refractivity contribution is 5.32. The fourth-order valence-corrected chi connectivity index (χ4v) is 3.22. The van der Waals surface area contributed by atoms with Gasteiger partial charge in [-0.1, -0.05) is 37.6 Å².